The molecule has 0 aliphatic heterocycles. The number of methoxy groups -OCH3 is 1. The fourth-order valence-corrected chi connectivity index (χ4v) is 2.52. The molecule has 17 heavy (non-hydrogen) atoms. The second-order valence-corrected chi connectivity index (χ2v) is 5.48. The van der Waals surface area contributed by atoms with Gasteiger partial charge >= 0.3 is 19.8 Å². The summed E-state index contributed by atoms with van der Waals surface area (Å²) in [7, 11) is 1.40. The number of hydrogen-bond acceptors (Lipinski definition) is 5. The van der Waals surface area contributed by atoms with E-state index in [0.717, 1.165) is 0 Å². The van der Waals surface area contributed by atoms with Crippen molar-refractivity contribution in [2.24, 2.45) is 0 Å². The normalized spacial score (nSPS) is 10.1. The highest BCUT2D eigenvalue weighted by Gasteiger charge is 2.16. The van der Waals surface area contributed by atoms with Crippen LogP contribution in [0.25, 0.3) is 0 Å². The van der Waals surface area contributed by atoms with Crippen molar-refractivity contribution in [2.45, 2.75) is 6.92 Å². The number of imide groups is 1. The van der Waals surface area contributed by atoms with Crippen LogP contribution in [0.15, 0.2) is 18.2 Å². The van der Waals surface area contributed by atoms with E-state index >= 15 is 0 Å². The Morgan fingerprint density at radius 3 is 2.41 bits per heavy atom. The van der Waals surface area contributed by atoms with Crippen molar-refractivity contribution in [1.82, 2.24) is 5.32 Å². The SMILES string of the molecule is COc1ccc(I(=O)=O)c(C(=O)NC(C)=O)c1. The van der Waals surface area contributed by atoms with E-state index in [1.54, 1.807) is 0 Å². The van der Waals surface area contributed by atoms with Crippen molar-refractivity contribution in [2.75, 3.05) is 7.11 Å². The molecular formula is C10H10INO5. The molecule has 0 radical (unpaired) electrons. The molecule has 1 rings (SSSR count). The summed E-state index contributed by atoms with van der Waals surface area (Å²) in [4.78, 5) is 22.4. The molecule has 6 nitrogen and oxygen atoms in total. The minimum absolute atomic E-state index is 0.0613. The van der Waals surface area contributed by atoms with Crippen molar-refractivity contribution in [3.8, 4) is 5.75 Å². The summed E-state index contributed by atoms with van der Waals surface area (Å²) >= 11 is -3.80. The second kappa shape index (κ2) is 5.71. The molecule has 7 heteroatoms. The molecule has 1 N–H and O–H groups in total. The minimum atomic E-state index is -3.80. The maximum Gasteiger partial charge on any atom is 0.341 e. The van der Waals surface area contributed by atoms with E-state index in [4.69, 9.17) is 4.74 Å². The molecule has 1 aromatic rings. The van der Waals surface area contributed by atoms with Gasteiger partial charge in [0.05, 0.1) is 16.2 Å². The molecular weight excluding hydrogens is 341 g/mol. The number of benzene rings is 1. The van der Waals surface area contributed by atoms with Crippen molar-refractivity contribution < 1.29 is 20.5 Å². The van der Waals surface area contributed by atoms with Gasteiger partial charge in [0.1, 0.15) is 5.75 Å². The average Bonchev–Trinajstić information content (AvgIpc) is 2.27. The summed E-state index contributed by atoms with van der Waals surface area (Å²) in [6.07, 6.45) is 0. The van der Waals surface area contributed by atoms with Crippen LogP contribution in [0.2, 0.25) is 0 Å². The molecule has 0 fully saturated rings. The Morgan fingerprint density at radius 1 is 1.29 bits per heavy atom. The highest BCUT2D eigenvalue weighted by atomic mass is 127. The molecule has 0 spiro atoms. The third-order valence-corrected chi connectivity index (χ3v) is 3.76. The van der Waals surface area contributed by atoms with Crippen LogP contribution in [0.4, 0.5) is 0 Å². The summed E-state index contributed by atoms with van der Waals surface area (Å²) in [6, 6.07) is 4.02. The molecule has 0 aliphatic carbocycles. The molecule has 0 unspecified atom stereocenters. The molecule has 1 aromatic carbocycles. The Balaban J connectivity index is 3.26. The number of nitrogens with one attached hydrogen (secondary N) is 1. The number of carbonyl (C=O) groups excluding carboxylic acids is 2. The van der Waals surface area contributed by atoms with Crippen LogP contribution in [0.5, 0.6) is 5.75 Å². The predicted octanol–water partition coefficient (Wildman–Crippen LogP) is 1.34. The molecule has 2 amide bonds. The summed E-state index contributed by atoms with van der Waals surface area (Å²) in [5.41, 5.74) is -0.0743. The summed E-state index contributed by atoms with van der Waals surface area (Å²) < 4.78 is 26.9. The summed E-state index contributed by atoms with van der Waals surface area (Å²) in [5.74, 6) is -0.957. The lowest BCUT2D eigenvalue weighted by atomic mass is 10.2. The zero-order valence-corrected chi connectivity index (χ0v) is 11.3. The van der Waals surface area contributed by atoms with Gasteiger partial charge in [0.25, 0.3) is 5.91 Å². The van der Waals surface area contributed by atoms with Gasteiger partial charge < -0.3 is 4.74 Å². The van der Waals surface area contributed by atoms with E-state index < -0.39 is 31.6 Å². The Bertz CT molecular complexity index is 527. The van der Waals surface area contributed by atoms with Gasteiger partial charge in [-0.25, -0.2) is 6.14 Å². The highest BCUT2D eigenvalue weighted by Crippen LogP contribution is 2.25. The smallest absolute Gasteiger partial charge is 0.341 e. The molecule has 0 bridgehead atoms. The standard InChI is InChI=1S/C10H10INO5/c1-6(13)12-10(14)8-5-7(17-2)3-4-9(8)11(15)16/h3-5H,1-2H3,(H,12,13,14). The number of amides is 2. The first-order valence-corrected chi connectivity index (χ1v) is 7.35. The van der Waals surface area contributed by atoms with Gasteiger partial charge in [-0.15, -0.1) is 0 Å². The van der Waals surface area contributed by atoms with Crippen LogP contribution in [0, 0.1) is 3.57 Å². The third-order valence-electron chi connectivity index (χ3n) is 1.87. The van der Waals surface area contributed by atoms with Crippen molar-refractivity contribution in [1.29, 1.82) is 0 Å². The van der Waals surface area contributed by atoms with Gasteiger partial charge in [0.15, 0.2) is 0 Å². The fraction of sp³-hybridized carbons (Fsp3) is 0.200. The van der Waals surface area contributed by atoms with Crippen molar-refractivity contribution in [3.63, 3.8) is 0 Å². The predicted molar refractivity (Wildman–Crippen MR) is 65.2 cm³/mol. The van der Waals surface area contributed by atoms with Crippen LogP contribution in [-0.2, 0) is 10.9 Å². The number of carbonyl (C=O) groups is 2. The van der Waals surface area contributed by atoms with Gasteiger partial charge in [-0.2, -0.15) is 0 Å². The van der Waals surface area contributed by atoms with Crippen molar-refractivity contribution >= 4 is 31.6 Å². The topological polar surface area (TPSA) is 89.5 Å². The maximum absolute atomic E-state index is 11.6. The quantitative estimate of drug-likeness (QED) is 0.830. The lowest BCUT2D eigenvalue weighted by Gasteiger charge is -2.05. The Morgan fingerprint density at radius 2 is 1.94 bits per heavy atom. The van der Waals surface area contributed by atoms with Gasteiger partial charge in [-0.05, 0) is 18.2 Å². The molecule has 0 atom stereocenters. The first-order chi connectivity index (χ1) is 7.95. The first kappa shape index (κ1) is 13.6. The van der Waals surface area contributed by atoms with Crippen LogP contribution >= 0.6 is 19.8 Å². The monoisotopic (exact) mass is 351 g/mol. The van der Waals surface area contributed by atoms with E-state index in [1.807, 2.05) is 5.32 Å². The Kier molecular flexibility index (Phi) is 4.55. The summed E-state index contributed by atoms with van der Waals surface area (Å²) in [5, 5.41) is 2.02. The van der Waals surface area contributed by atoms with E-state index in [9.17, 15) is 15.7 Å². The molecule has 92 valence electrons. The lowest BCUT2D eigenvalue weighted by molar-refractivity contribution is -0.118. The zero-order valence-electron chi connectivity index (χ0n) is 9.15. The lowest BCUT2D eigenvalue weighted by Crippen LogP contribution is -2.28. The molecule has 0 saturated heterocycles. The van der Waals surface area contributed by atoms with Crippen LogP contribution in [0.1, 0.15) is 17.3 Å². The van der Waals surface area contributed by atoms with Crippen LogP contribution in [-0.4, -0.2) is 18.9 Å². The van der Waals surface area contributed by atoms with Gasteiger partial charge in [-0.3, -0.25) is 14.9 Å². The van der Waals surface area contributed by atoms with Gasteiger partial charge in [-0.1, -0.05) is 0 Å². The first-order valence-electron chi connectivity index (χ1n) is 4.51. The largest absolute Gasteiger partial charge is 0.497 e. The van der Waals surface area contributed by atoms with E-state index in [1.165, 1.54) is 32.2 Å². The Hall–Kier alpha value is -1.51. The van der Waals surface area contributed by atoms with E-state index in [2.05, 4.69) is 0 Å². The fourth-order valence-electron chi connectivity index (χ4n) is 1.17. The van der Waals surface area contributed by atoms with Crippen LogP contribution < -0.4 is 10.1 Å². The molecule has 0 saturated carbocycles. The van der Waals surface area contributed by atoms with E-state index in [-0.39, 0.29) is 9.13 Å². The van der Waals surface area contributed by atoms with Crippen LogP contribution in [0.3, 0.4) is 0 Å². The van der Waals surface area contributed by atoms with Gasteiger partial charge in [0, 0.05) is 6.92 Å². The number of rotatable bonds is 3. The second-order valence-electron chi connectivity index (χ2n) is 3.07. The Labute approximate surface area is 104 Å². The van der Waals surface area contributed by atoms with Crippen molar-refractivity contribution in [3.05, 3.63) is 27.3 Å². The highest BCUT2D eigenvalue weighted by molar-refractivity contribution is 14.2. The number of halogens is 1. The minimum Gasteiger partial charge on any atom is -0.497 e. The zero-order chi connectivity index (χ0) is 13.0. The third kappa shape index (κ3) is 3.48. The molecule has 0 aromatic heterocycles. The maximum atomic E-state index is 11.6. The molecule has 0 aliphatic rings. The number of hydrogen-bond donors (Lipinski definition) is 1. The average molecular weight is 351 g/mol. The summed E-state index contributed by atoms with van der Waals surface area (Å²) in [6.45, 7) is 1.17. The van der Waals surface area contributed by atoms with Gasteiger partial charge in [0.2, 0.25) is 5.91 Å². The van der Waals surface area contributed by atoms with E-state index in [0.29, 0.717) is 5.75 Å². The number of ether oxygens (including phenoxy) is 1. The molecule has 0 heterocycles.